The van der Waals surface area contributed by atoms with E-state index in [1.165, 1.54) is 8.99 Å². The number of benzene rings is 1. The molecule has 0 bridgehead atoms. The van der Waals surface area contributed by atoms with Gasteiger partial charge in [-0.05, 0) is 38.5 Å². The lowest BCUT2D eigenvalue weighted by Gasteiger charge is -2.35. The number of amides is 1. The second-order valence-electron chi connectivity index (χ2n) is 7.83. The quantitative estimate of drug-likeness (QED) is 0.651. The number of halogens is 1. The van der Waals surface area contributed by atoms with Crippen LogP contribution >= 0.6 is 11.6 Å². The Morgan fingerprint density at radius 2 is 1.90 bits per heavy atom. The molecule has 1 aromatic carbocycles. The van der Waals surface area contributed by atoms with E-state index in [-0.39, 0.29) is 22.5 Å². The second-order valence-corrected chi connectivity index (χ2v) is 10.1. The van der Waals surface area contributed by atoms with E-state index in [2.05, 4.69) is 10.00 Å². The smallest absolute Gasteiger partial charge is 0.263 e. The molecule has 8 nitrogen and oxygen atoms in total. The molecule has 2 saturated heterocycles. The summed E-state index contributed by atoms with van der Waals surface area (Å²) < 4.78 is 29.7. The molecule has 2 aliphatic heterocycles. The topological polar surface area (TPSA) is 78.5 Å². The summed E-state index contributed by atoms with van der Waals surface area (Å²) in [6.45, 7) is 8.68. The standard InChI is InChI=1S/C20H26ClN5O3S/c1-4-24-13-17(20(27)26-12-15(26)3)19(22-24)30(28,29)25-9-7-23(8-10-25)18-11-16(21)6-5-14(18)2/h5-6,11,13,15H,4,7-10,12H2,1-3H3. The lowest BCUT2D eigenvalue weighted by molar-refractivity contribution is 0.0872. The number of rotatable bonds is 5. The number of nitrogens with zero attached hydrogens (tertiary/aromatic N) is 5. The molecule has 162 valence electrons. The van der Waals surface area contributed by atoms with Crippen LogP contribution in [0.4, 0.5) is 5.69 Å². The van der Waals surface area contributed by atoms with Crippen molar-refractivity contribution in [2.24, 2.45) is 0 Å². The third-order valence-corrected chi connectivity index (χ3v) is 7.81. The van der Waals surface area contributed by atoms with Gasteiger partial charge in [-0.15, -0.1) is 0 Å². The summed E-state index contributed by atoms with van der Waals surface area (Å²) in [6.07, 6.45) is 1.55. The fraction of sp³-hybridized carbons (Fsp3) is 0.500. The maximum Gasteiger partial charge on any atom is 0.263 e. The van der Waals surface area contributed by atoms with Crippen molar-refractivity contribution in [2.45, 2.75) is 38.4 Å². The van der Waals surface area contributed by atoms with Gasteiger partial charge in [0.05, 0.1) is 5.56 Å². The highest BCUT2D eigenvalue weighted by Crippen LogP contribution is 2.29. The maximum atomic E-state index is 13.4. The number of sulfonamides is 1. The second kappa shape index (κ2) is 7.86. The van der Waals surface area contributed by atoms with E-state index >= 15 is 0 Å². The Morgan fingerprint density at radius 1 is 1.23 bits per heavy atom. The van der Waals surface area contributed by atoms with Crippen LogP contribution in [0.2, 0.25) is 5.02 Å². The van der Waals surface area contributed by atoms with Gasteiger partial charge >= 0.3 is 0 Å². The molecule has 0 spiro atoms. The zero-order valence-electron chi connectivity index (χ0n) is 17.4. The summed E-state index contributed by atoms with van der Waals surface area (Å²) in [6, 6.07) is 5.86. The van der Waals surface area contributed by atoms with Crippen molar-refractivity contribution in [2.75, 3.05) is 37.6 Å². The average Bonchev–Trinajstić information content (AvgIpc) is 3.29. The van der Waals surface area contributed by atoms with Crippen molar-refractivity contribution in [3.63, 3.8) is 0 Å². The molecule has 0 N–H and O–H groups in total. The van der Waals surface area contributed by atoms with Gasteiger partial charge in [0.15, 0.2) is 0 Å². The van der Waals surface area contributed by atoms with Crippen LogP contribution in [-0.4, -0.2) is 72.1 Å². The summed E-state index contributed by atoms with van der Waals surface area (Å²) in [5.74, 6) is -0.269. The number of carbonyl (C=O) groups excluding carboxylic acids is 1. The molecule has 3 heterocycles. The van der Waals surface area contributed by atoms with Crippen molar-refractivity contribution in [3.8, 4) is 0 Å². The van der Waals surface area contributed by atoms with Crippen LogP contribution in [0.25, 0.3) is 0 Å². The third kappa shape index (κ3) is 3.81. The summed E-state index contributed by atoms with van der Waals surface area (Å²) in [5, 5.41) is 4.76. The number of aryl methyl sites for hydroxylation is 2. The van der Waals surface area contributed by atoms with Crippen LogP contribution < -0.4 is 4.90 Å². The molecule has 2 aromatic rings. The molecule has 1 unspecified atom stereocenters. The van der Waals surface area contributed by atoms with Crippen molar-refractivity contribution in [1.82, 2.24) is 19.0 Å². The Hall–Kier alpha value is -2.10. The first-order valence-electron chi connectivity index (χ1n) is 10.1. The van der Waals surface area contributed by atoms with Gasteiger partial charge < -0.3 is 9.80 Å². The Kier molecular flexibility index (Phi) is 5.54. The minimum Gasteiger partial charge on any atom is -0.369 e. The minimum atomic E-state index is -3.87. The zero-order chi connectivity index (χ0) is 21.6. The highest BCUT2D eigenvalue weighted by Gasteiger charge is 2.40. The SMILES string of the molecule is CCn1cc(C(=O)N2CC2C)c(S(=O)(=O)N2CCN(c3cc(Cl)ccc3C)CC2)n1. The van der Waals surface area contributed by atoms with Gasteiger partial charge in [-0.3, -0.25) is 9.48 Å². The molecule has 2 fully saturated rings. The highest BCUT2D eigenvalue weighted by atomic mass is 35.5. The van der Waals surface area contributed by atoms with Gasteiger partial charge in [0, 0.05) is 62.2 Å². The summed E-state index contributed by atoms with van der Waals surface area (Å²) in [7, 11) is -3.87. The van der Waals surface area contributed by atoms with E-state index in [1.807, 2.05) is 39.0 Å². The summed E-state index contributed by atoms with van der Waals surface area (Å²) in [5.41, 5.74) is 2.27. The predicted molar refractivity (Wildman–Crippen MR) is 116 cm³/mol. The molecule has 1 atom stereocenters. The van der Waals surface area contributed by atoms with E-state index in [0.717, 1.165) is 11.3 Å². The van der Waals surface area contributed by atoms with Crippen LogP contribution in [0.1, 0.15) is 29.8 Å². The van der Waals surface area contributed by atoms with Gasteiger partial charge in [0.2, 0.25) is 5.03 Å². The van der Waals surface area contributed by atoms with Gasteiger partial charge in [-0.1, -0.05) is 17.7 Å². The Bertz CT molecular complexity index is 1080. The van der Waals surface area contributed by atoms with Gasteiger partial charge in [0.25, 0.3) is 15.9 Å². The molecule has 0 radical (unpaired) electrons. The normalized spacial score (nSPS) is 19.9. The van der Waals surface area contributed by atoms with Crippen LogP contribution in [0.5, 0.6) is 0 Å². The van der Waals surface area contributed by atoms with Crippen LogP contribution in [-0.2, 0) is 16.6 Å². The van der Waals surface area contributed by atoms with E-state index in [1.54, 1.807) is 11.1 Å². The molecule has 2 aliphatic rings. The maximum absolute atomic E-state index is 13.4. The zero-order valence-corrected chi connectivity index (χ0v) is 18.9. The number of piperazine rings is 1. The first kappa shape index (κ1) is 21.1. The molecule has 1 aromatic heterocycles. The summed E-state index contributed by atoms with van der Waals surface area (Å²) in [4.78, 5) is 16.6. The number of carbonyl (C=O) groups is 1. The number of hydrogen-bond acceptors (Lipinski definition) is 5. The van der Waals surface area contributed by atoms with Gasteiger partial charge in [-0.2, -0.15) is 9.40 Å². The van der Waals surface area contributed by atoms with Crippen molar-refractivity contribution in [3.05, 3.63) is 40.5 Å². The first-order chi connectivity index (χ1) is 14.2. The fourth-order valence-corrected chi connectivity index (χ4v) is 5.47. The lowest BCUT2D eigenvalue weighted by Crippen LogP contribution is -2.49. The Morgan fingerprint density at radius 3 is 2.50 bits per heavy atom. The predicted octanol–water partition coefficient (Wildman–Crippen LogP) is 2.22. The van der Waals surface area contributed by atoms with Crippen LogP contribution in [0.15, 0.2) is 29.4 Å². The first-order valence-corrected chi connectivity index (χ1v) is 11.9. The molecule has 30 heavy (non-hydrogen) atoms. The van der Waals surface area contributed by atoms with Crippen LogP contribution in [0, 0.1) is 6.92 Å². The fourth-order valence-electron chi connectivity index (χ4n) is 3.79. The molecule has 0 saturated carbocycles. The highest BCUT2D eigenvalue weighted by molar-refractivity contribution is 7.89. The Labute approximate surface area is 182 Å². The lowest BCUT2D eigenvalue weighted by atomic mass is 10.1. The largest absolute Gasteiger partial charge is 0.369 e. The molecular weight excluding hydrogens is 426 g/mol. The van der Waals surface area contributed by atoms with E-state index in [0.29, 0.717) is 44.3 Å². The van der Waals surface area contributed by atoms with Crippen LogP contribution in [0.3, 0.4) is 0 Å². The minimum absolute atomic E-state index is 0.138. The summed E-state index contributed by atoms with van der Waals surface area (Å²) >= 11 is 6.14. The monoisotopic (exact) mass is 451 g/mol. The molecule has 0 aliphatic carbocycles. The third-order valence-electron chi connectivity index (χ3n) is 5.74. The van der Waals surface area contributed by atoms with E-state index in [9.17, 15) is 13.2 Å². The average molecular weight is 452 g/mol. The molecular formula is C20H26ClN5O3S. The van der Waals surface area contributed by atoms with Crippen molar-refractivity contribution in [1.29, 1.82) is 0 Å². The molecule has 10 heteroatoms. The van der Waals surface area contributed by atoms with E-state index in [4.69, 9.17) is 11.6 Å². The van der Waals surface area contributed by atoms with Crippen molar-refractivity contribution < 1.29 is 13.2 Å². The Balaban J connectivity index is 1.56. The van der Waals surface area contributed by atoms with Gasteiger partial charge in [-0.25, -0.2) is 8.42 Å². The number of aromatic nitrogens is 2. The number of hydrogen-bond donors (Lipinski definition) is 0. The van der Waals surface area contributed by atoms with E-state index < -0.39 is 10.0 Å². The molecule has 4 rings (SSSR count). The number of anilines is 1. The van der Waals surface area contributed by atoms with Crippen molar-refractivity contribution >= 4 is 33.2 Å². The molecule has 1 amide bonds. The van der Waals surface area contributed by atoms with Gasteiger partial charge in [0.1, 0.15) is 0 Å².